The van der Waals surface area contributed by atoms with E-state index in [1.54, 1.807) is 19.4 Å². The summed E-state index contributed by atoms with van der Waals surface area (Å²) in [6, 6.07) is 17.1. The van der Waals surface area contributed by atoms with Crippen LogP contribution in [0.3, 0.4) is 0 Å². The Hall–Kier alpha value is -2.99. The third-order valence-electron chi connectivity index (χ3n) is 4.18. The maximum atomic E-state index is 13.3. The number of hydrogen-bond donors (Lipinski definition) is 1. The molecule has 0 amide bonds. The van der Waals surface area contributed by atoms with E-state index in [0.29, 0.717) is 21.5 Å². The highest BCUT2D eigenvalue weighted by atomic mass is 32.2. The van der Waals surface area contributed by atoms with Gasteiger partial charge in [0.1, 0.15) is 16.5 Å². The lowest BCUT2D eigenvalue weighted by atomic mass is 10.1. The first-order valence-corrected chi connectivity index (χ1v) is 9.29. The molecule has 0 aliphatic heterocycles. The van der Waals surface area contributed by atoms with Crippen molar-refractivity contribution in [1.82, 2.24) is 15.0 Å². The van der Waals surface area contributed by atoms with E-state index in [4.69, 9.17) is 4.74 Å². The van der Waals surface area contributed by atoms with Crippen molar-refractivity contribution in [3.63, 3.8) is 0 Å². The van der Waals surface area contributed by atoms with Crippen LogP contribution in [-0.4, -0.2) is 26.3 Å². The van der Waals surface area contributed by atoms with Gasteiger partial charge in [-0.25, -0.2) is 9.19 Å². The van der Waals surface area contributed by atoms with Gasteiger partial charge in [-0.15, -0.1) is 0 Å². The first-order valence-electron chi connectivity index (χ1n) is 8.14. The molecule has 0 unspecified atom stereocenters. The first-order chi connectivity index (χ1) is 12.7. The number of imidazole rings is 1. The van der Waals surface area contributed by atoms with E-state index in [0.717, 1.165) is 22.2 Å². The Morgan fingerprint density at radius 1 is 1.08 bits per heavy atom. The van der Waals surface area contributed by atoms with Crippen molar-refractivity contribution in [3.8, 4) is 17.0 Å². The van der Waals surface area contributed by atoms with E-state index in [1.165, 1.54) is 0 Å². The van der Waals surface area contributed by atoms with Crippen LogP contribution in [0.4, 0.5) is 0 Å². The molecule has 0 aliphatic rings. The van der Waals surface area contributed by atoms with Crippen LogP contribution in [0.1, 0.15) is 5.56 Å². The third-order valence-corrected chi connectivity index (χ3v) is 5.64. The molecule has 26 heavy (non-hydrogen) atoms. The fraction of sp³-hybridized carbons (Fsp3) is 0.100. The number of hydrogen-bond acceptors (Lipinski definition) is 4. The van der Waals surface area contributed by atoms with E-state index in [9.17, 15) is 4.21 Å². The Morgan fingerprint density at radius 3 is 2.73 bits per heavy atom. The molecule has 0 saturated carbocycles. The summed E-state index contributed by atoms with van der Waals surface area (Å²) in [5.74, 6) is 0.706. The van der Waals surface area contributed by atoms with Gasteiger partial charge in [-0.3, -0.25) is 4.98 Å². The first kappa shape index (κ1) is 16.5. The molecule has 2 heterocycles. The summed E-state index contributed by atoms with van der Waals surface area (Å²) in [5.41, 5.74) is 4.11. The molecule has 0 fully saturated rings. The van der Waals surface area contributed by atoms with Gasteiger partial charge in [0, 0.05) is 17.8 Å². The van der Waals surface area contributed by atoms with Crippen LogP contribution in [0, 0.1) is 6.92 Å². The lowest BCUT2D eigenvalue weighted by Crippen LogP contribution is -2.01. The molecule has 2 aromatic carbocycles. The van der Waals surface area contributed by atoms with E-state index in [2.05, 4.69) is 15.0 Å². The second kappa shape index (κ2) is 6.72. The van der Waals surface area contributed by atoms with Gasteiger partial charge in [0.15, 0.2) is 0 Å². The lowest BCUT2D eigenvalue weighted by molar-refractivity contribution is 0.414. The van der Waals surface area contributed by atoms with Crippen molar-refractivity contribution in [1.29, 1.82) is 0 Å². The number of methoxy groups -OCH3 is 1. The number of nitrogens with zero attached hydrogens (tertiary/aromatic N) is 2. The normalized spacial score (nSPS) is 12.2. The molecule has 0 spiro atoms. The average molecular weight is 363 g/mol. The number of aromatic nitrogens is 3. The van der Waals surface area contributed by atoms with Crippen LogP contribution in [0.5, 0.6) is 5.75 Å². The summed E-state index contributed by atoms with van der Waals surface area (Å²) >= 11 is 0. The topological polar surface area (TPSA) is 67.9 Å². The highest BCUT2D eigenvalue weighted by Crippen LogP contribution is 2.31. The van der Waals surface area contributed by atoms with Gasteiger partial charge in [-0.2, -0.15) is 0 Å². The quantitative estimate of drug-likeness (QED) is 0.592. The monoisotopic (exact) mass is 363 g/mol. The molecule has 0 bridgehead atoms. The molecular weight excluding hydrogens is 346 g/mol. The van der Waals surface area contributed by atoms with Crippen molar-refractivity contribution >= 4 is 21.8 Å². The summed E-state index contributed by atoms with van der Waals surface area (Å²) in [6.45, 7) is 1.94. The molecule has 0 saturated heterocycles. The molecule has 4 aromatic rings. The van der Waals surface area contributed by atoms with Crippen LogP contribution in [0.15, 0.2) is 70.8 Å². The Kier molecular flexibility index (Phi) is 4.26. The number of para-hydroxylation sites is 2. The minimum absolute atomic E-state index is 0.435. The van der Waals surface area contributed by atoms with Gasteiger partial charge in [-0.1, -0.05) is 30.3 Å². The van der Waals surface area contributed by atoms with Crippen LogP contribution in [-0.2, 0) is 10.8 Å². The van der Waals surface area contributed by atoms with Gasteiger partial charge in [0.05, 0.1) is 28.7 Å². The molecule has 1 atom stereocenters. The molecule has 1 N–H and O–H groups in total. The fourth-order valence-electron chi connectivity index (χ4n) is 2.90. The molecule has 4 rings (SSSR count). The van der Waals surface area contributed by atoms with Gasteiger partial charge >= 0.3 is 0 Å². The summed E-state index contributed by atoms with van der Waals surface area (Å²) in [6.07, 6.45) is 1.68. The van der Waals surface area contributed by atoms with Crippen LogP contribution < -0.4 is 4.74 Å². The second-order valence-corrected chi connectivity index (χ2v) is 7.19. The minimum Gasteiger partial charge on any atom is -0.497 e. The molecule has 130 valence electrons. The zero-order valence-electron chi connectivity index (χ0n) is 14.4. The van der Waals surface area contributed by atoms with Crippen LogP contribution >= 0.6 is 0 Å². The number of H-pyrrole nitrogens is 1. The summed E-state index contributed by atoms with van der Waals surface area (Å²) < 4.78 is 18.6. The molecular formula is C20H17N3O2S. The highest BCUT2D eigenvalue weighted by Gasteiger charge is 2.20. The number of nitrogens with one attached hydrogen (secondary N) is 1. The number of pyridine rings is 1. The van der Waals surface area contributed by atoms with Gasteiger partial charge in [0.2, 0.25) is 5.16 Å². The zero-order valence-corrected chi connectivity index (χ0v) is 15.2. The van der Waals surface area contributed by atoms with Crippen LogP contribution in [0.25, 0.3) is 22.3 Å². The Labute approximate surface area is 153 Å². The van der Waals surface area contributed by atoms with Crippen LogP contribution in [0.2, 0.25) is 0 Å². The van der Waals surface area contributed by atoms with E-state index in [1.807, 2.05) is 55.5 Å². The Bertz CT molecular complexity index is 1090. The Morgan fingerprint density at radius 2 is 1.92 bits per heavy atom. The van der Waals surface area contributed by atoms with Crippen molar-refractivity contribution in [2.24, 2.45) is 0 Å². The largest absolute Gasteiger partial charge is 0.497 e. The predicted octanol–water partition coefficient (Wildman–Crippen LogP) is 4.11. The number of aryl methyl sites for hydroxylation is 1. The maximum Gasteiger partial charge on any atom is 0.202 e. The molecule has 5 nitrogen and oxygen atoms in total. The molecule has 0 radical (unpaired) electrons. The van der Waals surface area contributed by atoms with Gasteiger partial charge in [0.25, 0.3) is 0 Å². The average Bonchev–Trinajstić information content (AvgIpc) is 3.11. The van der Waals surface area contributed by atoms with Crippen molar-refractivity contribution in [2.45, 2.75) is 17.0 Å². The number of fused-ring (bicyclic) bond motifs is 1. The van der Waals surface area contributed by atoms with Gasteiger partial charge in [-0.05, 0) is 30.7 Å². The summed E-state index contributed by atoms with van der Waals surface area (Å²) in [5, 5.41) is 0.435. The number of aromatic amines is 1. The smallest absolute Gasteiger partial charge is 0.202 e. The van der Waals surface area contributed by atoms with Crippen molar-refractivity contribution < 1.29 is 8.95 Å². The third kappa shape index (κ3) is 2.88. The van der Waals surface area contributed by atoms with Crippen molar-refractivity contribution in [2.75, 3.05) is 7.11 Å². The van der Waals surface area contributed by atoms with E-state index >= 15 is 0 Å². The van der Waals surface area contributed by atoms with E-state index < -0.39 is 10.8 Å². The lowest BCUT2D eigenvalue weighted by Gasteiger charge is -2.11. The fourth-order valence-corrected chi connectivity index (χ4v) is 4.21. The minimum atomic E-state index is -1.46. The number of benzene rings is 2. The molecule has 2 aromatic heterocycles. The summed E-state index contributed by atoms with van der Waals surface area (Å²) in [7, 11) is 0.155. The van der Waals surface area contributed by atoms with Crippen molar-refractivity contribution in [3.05, 3.63) is 66.4 Å². The highest BCUT2D eigenvalue weighted by molar-refractivity contribution is 7.85. The number of rotatable bonds is 4. The molecule has 0 aliphatic carbocycles. The standard InChI is InChI=1S/C20H17N3O2S/c1-13-6-5-7-15(18-12-14(25-2)10-11-21-18)19(13)26(24)20-22-16-8-3-4-9-17(16)23-20/h3-12H,1-2H3,(H,22,23)/t26-/m0/s1. The Balaban J connectivity index is 1.86. The summed E-state index contributed by atoms with van der Waals surface area (Å²) in [4.78, 5) is 12.8. The number of ether oxygens (including phenoxy) is 1. The SMILES string of the molecule is COc1ccnc(-c2cccc(C)c2[S@](=O)c2nc3ccccc3[nH]2)c1. The van der Waals surface area contributed by atoms with Gasteiger partial charge < -0.3 is 9.72 Å². The zero-order chi connectivity index (χ0) is 18.1. The van der Waals surface area contributed by atoms with E-state index in [-0.39, 0.29) is 0 Å². The predicted molar refractivity (Wildman–Crippen MR) is 102 cm³/mol. The second-order valence-electron chi connectivity index (χ2n) is 5.86. The molecule has 6 heteroatoms. The maximum absolute atomic E-state index is 13.3.